The molecule has 1 atom stereocenters. The molecule has 1 aromatic carbocycles. The van der Waals surface area contributed by atoms with Crippen LogP contribution in [0.2, 0.25) is 0 Å². The molecular formula is C18H25N3O2. The fourth-order valence-corrected chi connectivity index (χ4v) is 3.42. The number of hydrogen-bond donors (Lipinski definition) is 1. The summed E-state index contributed by atoms with van der Waals surface area (Å²) in [4.78, 5) is 27.6. The second-order valence-electron chi connectivity index (χ2n) is 6.66. The van der Waals surface area contributed by atoms with E-state index >= 15 is 0 Å². The number of aryl methyl sites for hydroxylation is 1. The number of carbonyl (C=O) groups is 2. The molecule has 0 saturated carbocycles. The Bertz CT molecular complexity index is 587. The first-order valence-corrected chi connectivity index (χ1v) is 8.48. The summed E-state index contributed by atoms with van der Waals surface area (Å²) >= 11 is 0. The molecule has 0 bridgehead atoms. The van der Waals surface area contributed by atoms with Gasteiger partial charge in [0.1, 0.15) is 0 Å². The first kappa shape index (κ1) is 15.8. The number of likely N-dealkylation sites (tertiary alicyclic amines) is 1. The summed E-state index contributed by atoms with van der Waals surface area (Å²) in [6.45, 7) is 5.76. The highest BCUT2D eigenvalue weighted by molar-refractivity contribution is 5.85. The van der Waals surface area contributed by atoms with Gasteiger partial charge in [-0.15, -0.1) is 0 Å². The lowest BCUT2D eigenvalue weighted by Crippen LogP contribution is -2.40. The maximum Gasteiger partial charge on any atom is 0.239 e. The fraction of sp³-hybridized carbons (Fsp3) is 0.556. The molecule has 2 aliphatic rings. The van der Waals surface area contributed by atoms with Crippen LogP contribution in [-0.4, -0.2) is 49.4 Å². The van der Waals surface area contributed by atoms with E-state index in [9.17, 15) is 9.59 Å². The number of rotatable bonds is 5. The highest BCUT2D eigenvalue weighted by Crippen LogP contribution is 2.24. The molecule has 2 aliphatic heterocycles. The van der Waals surface area contributed by atoms with Gasteiger partial charge in [0.05, 0.1) is 6.54 Å². The molecule has 23 heavy (non-hydrogen) atoms. The summed E-state index contributed by atoms with van der Waals surface area (Å²) in [7, 11) is 0. The smallest absolute Gasteiger partial charge is 0.239 e. The summed E-state index contributed by atoms with van der Waals surface area (Å²) in [5, 5.41) is 3.00. The number of amides is 2. The van der Waals surface area contributed by atoms with E-state index in [1.165, 1.54) is 11.3 Å². The van der Waals surface area contributed by atoms with Crippen molar-refractivity contribution in [2.24, 2.45) is 5.92 Å². The maximum absolute atomic E-state index is 12.0. The Kier molecular flexibility index (Phi) is 4.84. The molecule has 2 amide bonds. The van der Waals surface area contributed by atoms with Gasteiger partial charge in [-0.05, 0) is 43.4 Å². The van der Waals surface area contributed by atoms with E-state index in [0.717, 1.165) is 32.5 Å². The monoisotopic (exact) mass is 315 g/mol. The molecule has 0 aliphatic carbocycles. The summed E-state index contributed by atoms with van der Waals surface area (Å²) < 4.78 is 0. The van der Waals surface area contributed by atoms with Gasteiger partial charge in [0.25, 0.3) is 0 Å². The SMILES string of the molecule is Cc1cccc(N2CC[C@H](CNC(=O)CN3CCCC3=O)C2)c1. The lowest BCUT2D eigenvalue weighted by Gasteiger charge is -2.20. The standard InChI is InChI=1S/C18H25N3O2/c1-14-4-2-5-16(10-14)20-9-7-15(12-20)11-19-17(22)13-21-8-3-6-18(21)23/h2,4-5,10,15H,3,6-9,11-13H2,1H3,(H,19,22)/t15-/m1/s1. The van der Waals surface area contributed by atoms with Crippen molar-refractivity contribution in [3.8, 4) is 0 Å². The van der Waals surface area contributed by atoms with Crippen LogP contribution in [0.3, 0.4) is 0 Å². The van der Waals surface area contributed by atoms with Gasteiger partial charge in [0.2, 0.25) is 11.8 Å². The van der Waals surface area contributed by atoms with Crippen molar-refractivity contribution >= 4 is 17.5 Å². The van der Waals surface area contributed by atoms with E-state index in [2.05, 4.69) is 41.4 Å². The van der Waals surface area contributed by atoms with E-state index in [-0.39, 0.29) is 18.4 Å². The van der Waals surface area contributed by atoms with Crippen LogP contribution in [0.15, 0.2) is 24.3 Å². The highest BCUT2D eigenvalue weighted by Gasteiger charge is 2.25. The Morgan fingerprint density at radius 3 is 2.96 bits per heavy atom. The van der Waals surface area contributed by atoms with Gasteiger partial charge in [-0.1, -0.05) is 12.1 Å². The summed E-state index contributed by atoms with van der Waals surface area (Å²) in [6.07, 6.45) is 2.55. The Morgan fingerprint density at radius 2 is 2.22 bits per heavy atom. The molecule has 0 spiro atoms. The summed E-state index contributed by atoms with van der Waals surface area (Å²) in [5.41, 5.74) is 2.54. The van der Waals surface area contributed by atoms with Gasteiger partial charge in [-0.25, -0.2) is 0 Å². The predicted molar refractivity (Wildman–Crippen MR) is 90.3 cm³/mol. The van der Waals surface area contributed by atoms with Gasteiger partial charge < -0.3 is 15.1 Å². The van der Waals surface area contributed by atoms with Gasteiger partial charge >= 0.3 is 0 Å². The molecule has 0 unspecified atom stereocenters. The fourth-order valence-electron chi connectivity index (χ4n) is 3.42. The number of benzene rings is 1. The molecule has 2 heterocycles. The minimum absolute atomic E-state index is 0.0331. The van der Waals surface area contributed by atoms with E-state index < -0.39 is 0 Å². The molecule has 5 heteroatoms. The van der Waals surface area contributed by atoms with Gasteiger partial charge in [0.15, 0.2) is 0 Å². The van der Waals surface area contributed by atoms with Crippen LogP contribution in [0, 0.1) is 12.8 Å². The Balaban J connectivity index is 1.43. The third kappa shape index (κ3) is 4.03. The van der Waals surface area contributed by atoms with Crippen LogP contribution in [-0.2, 0) is 9.59 Å². The zero-order chi connectivity index (χ0) is 16.2. The van der Waals surface area contributed by atoms with Crippen LogP contribution in [0.5, 0.6) is 0 Å². The second kappa shape index (κ2) is 7.02. The number of hydrogen-bond acceptors (Lipinski definition) is 3. The summed E-state index contributed by atoms with van der Waals surface area (Å²) in [5.74, 6) is 0.551. The Labute approximate surface area is 137 Å². The van der Waals surface area contributed by atoms with Crippen LogP contribution in [0.25, 0.3) is 0 Å². The minimum atomic E-state index is -0.0331. The van der Waals surface area contributed by atoms with Crippen molar-refractivity contribution in [1.29, 1.82) is 0 Å². The van der Waals surface area contributed by atoms with Crippen LogP contribution in [0.1, 0.15) is 24.8 Å². The van der Waals surface area contributed by atoms with Crippen LogP contribution in [0.4, 0.5) is 5.69 Å². The molecule has 1 aromatic rings. The second-order valence-corrected chi connectivity index (χ2v) is 6.66. The third-order valence-electron chi connectivity index (χ3n) is 4.75. The van der Waals surface area contributed by atoms with Gasteiger partial charge in [-0.3, -0.25) is 9.59 Å². The van der Waals surface area contributed by atoms with Crippen molar-refractivity contribution in [1.82, 2.24) is 10.2 Å². The van der Waals surface area contributed by atoms with Crippen molar-refractivity contribution < 1.29 is 9.59 Å². The van der Waals surface area contributed by atoms with Crippen molar-refractivity contribution in [2.45, 2.75) is 26.2 Å². The van der Waals surface area contributed by atoms with E-state index in [0.29, 0.717) is 18.9 Å². The first-order valence-electron chi connectivity index (χ1n) is 8.48. The van der Waals surface area contributed by atoms with Crippen molar-refractivity contribution in [3.63, 3.8) is 0 Å². The average molecular weight is 315 g/mol. The maximum atomic E-state index is 12.0. The lowest BCUT2D eigenvalue weighted by atomic mass is 10.1. The average Bonchev–Trinajstić information content (AvgIpc) is 3.15. The van der Waals surface area contributed by atoms with Gasteiger partial charge in [0, 0.05) is 38.3 Å². The molecule has 0 aromatic heterocycles. The van der Waals surface area contributed by atoms with Crippen molar-refractivity contribution in [2.75, 3.05) is 37.6 Å². The van der Waals surface area contributed by atoms with E-state index in [4.69, 9.17) is 0 Å². The number of anilines is 1. The van der Waals surface area contributed by atoms with Crippen molar-refractivity contribution in [3.05, 3.63) is 29.8 Å². The lowest BCUT2D eigenvalue weighted by molar-refractivity contribution is -0.133. The normalized spacial score (nSPS) is 21.1. The molecule has 2 fully saturated rings. The number of carbonyl (C=O) groups excluding carboxylic acids is 2. The zero-order valence-electron chi connectivity index (χ0n) is 13.8. The minimum Gasteiger partial charge on any atom is -0.371 e. The molecule has 3 rings (SSSR count). The largest absolute Gasteiger partial charge is 0.371 e. The van der Waals surface area contributed by atoms with Crippen LogP contribution >= 0.6 is 0 Å². The molecule has 2 saturated heterocycles. The zero-order valence-corrected chi connectivity index (χ0v) is 13.8. The first-order chi connectivity index (χ1) is 11.1. The Morgan fingerprint density at radius 1 is 1.35 bits per heavy atom. The Hall–Kier alpha value is -2.04. The number of nitrogens with zero attached hydrogens (tertiary/aromatic N) is 2. The highest BCUT2D eigenvalue weighted by atomic mass is 16.2. The topological polar surface area (TPSA) is 52.7 Å². The molecule has 124 valence electrons. The van der Waals surface area contributed by atoms with Crippen LogP contribution < -0.4 is 10.2 Å². The van der Waals surface area contributed by atoms with E-state index in [1.807, 2.05) is 0 Å². The molecule has 5 nitrogen and oxygen atoms in total. The van der Waals surface area contributed by atoms with Gasteiger partial charge in [-0.2, -0.15) is 0 Å². The third-order valence-corrected chi connectivity index (χ3v) is 4.75. The molecule has 0 radical (unpaired) electrons. The molecule has 1 N–H and O–H groups in total. The van der Waals surface area contributed by atoms with E-state index in [1.54, 1.807) is 4.90 Å². The molecular weight excluding hydrogens is 290 g/mol. The predicted octanol–water partition coefficient (Wildman–Crippen LogP) is 1.56. The summed E-state index contributed by atoms with van der Waals surface area (Å²) in [6, 6.07) is 8.55. The number of nitrogens with one attached hydrogen (secondary N) is 1. The quantitative estimate of drug-likeness (QED) is 0.897.